The van der Waals surface area contributed by atoms with E-state index in [2.05, 4.69) is 4.74 Å². The number of carbonyl (C=O) groups is 2. The Morgan fingerprint density at radius 3 is 2.95 bits per heavy atom. The van der Waals surface area contributed by atoms with Crippen LogP contribution in [0.1, 0.15) is 9.75 Å². The highest BCUT2D eigenvalue weighted by Crippen LogP contribution is 2.16. The highest BCUT2D eigenvalue weighted by molar-refractivity contribution is 7.12. The Labute approximate surface area is 121 Å². The van der Waals surface area contributed by atoms with Gasteiger partial charge in [-0.05, 0) is 25.1 Å². The third kappa shape index (κ3) is 3.68. The van der Waals surface area contributed by atoms with Gasteiger partial charge >= 0.3 is 5.97 Å². The van der Waals surface area contributed by atoms with E-state index in [4.69, 9.17) is 4.74 Å². The van der Waals surface area contributed by atoms with Crippen molar-refractivity contribution in [1.29, 1.82) is 0 Å². The fourth-order valence-corrected chi connectivity index (χ4v) is 2.71. The summed E-state index contributed by atoms with van der Waals surface area (Å²) in [4.78, 5) is 27.3. The van der Waals surface area contributed by atoms with E-state index in [1.807, 2.05) is 19.1 Å². The molecule has 0 bridgehead atoms. The SMILES string of the molecule is COC(=O)C1CN(C(=O)/C=C/c2ccc(C)s2)CCO1. The van der Waals surface area contributed by atoms with Gasteiger partial charge < -0.3 is 14.4 Å². The number of ether oxygens (including phenoxy) is 2. The Morgan fingerprint density at radius 2 is 2.30 bits per heavy atom. The highest BCUT2D eigenvalue weighted by Gasteiger charge is 2.28. The number of hydrogen-bond acceptors (Lipinski definition) is 5. The minimum absolute atomic E-state index is 0.117. The number of methoxy groups -OCH3 is 1. The molecule has 1 aliphatic heterocycles. The third-order valence-electron chi connectivity index (χ3n) is 2.99. The second kappa shape index (κ2) is 6.67. The lowest BCUT2D eigenvalue weighted by Gasteiger charge is -2.30. The number of hydrogen-bond donors (Lipinski definition) is 0. The van der Waals surface area contributed by atoms with Gasteiger partial charge in [-0.3, -0.25) is 4.79 Å². The molecule has 0 spiro atoms. The van der Waals surface area contributed by atoms with Crippen LogP contribution in [0, 0.1) is 6.92 Å². The molecule has 1 unspecified atom stereocenters. The molecule has 0 N–H and O–H groups in total. The van der Waals surface area contributed by atoms with Crippen LogP contribution in [0.4, 0.5) is 0 Å². The number of carbonyl (C=O) groups excluding carboxylic acids is 2. The van der Waals surface area contributed by atoms with Crippen LogP contribution in [-0.2, 0) is 19.1 Å². The average Bonchev–Trinajstić information content (AvgIpc) is 2.89. The van der Waals surface area contributed by atoms with Gasteiger partial charge in [0.2, 0.25) is 5.91 Å². The number of amides is 1. The first-order chi connectivity index (χ1) is 9.60. The molecule has 1 fully saturated rings. The van der Waals surface area contributed by atoms with Crippen LogP contribution in [0.15, 0.2) is 18.2 Å². The van der Waals surface area contributed by atoms with Crippen LogP contribution < -0.4 is 0 Å². The van der Waals surface area contributed by atoms with Gasteiger partial charge in [-0.2, -0.15) is 0 Å². The van der Waals surface area contributed by atoms with Crippen LogP contribution >= 0.6 is 11.3 Å². The summed E-state index contributed by atoms with van der Waals surface area (Å²) in [7, 11) is 1.31. The zero-order valence-corrected chi connectivity index (χ0v) is 12.3. The molecule has 108 valence electrons. The normalized spacial score (nSPS) is 19.3. The van der Waals surface area contributed by atoms with E-state index in [0.717, 1.165) is 4.88 Å². The van der Waals surface area contributed by atoms with Gasteiger partial charge in [0.05, 0.1) is 20.3 Å². The molecule has 1 aliphatic rings. The van der Waals surface area contributed by atoms with Crippen molar-refractivity contribution in [3.05, 3.63) is 28.0 Å². The summed E-state index contributed by atoms with van der Waals surface area (Å²) in [5.74, 6) is -0.561. The van der Waals surface area contributed by atoms with E-state index in [1.54, 1.807) is 22.3 Å². The van der Waals surface area contributed by atoms with Crippen molar-refractivity contribution in [2.45, 2.75) is 13.0 Å². The smallest absolute Gasteiger partial charge is 0.336 e. The summed E-state index contributed by atoms with van der Waals surface area (Å²) in [5.41, 5.74) is 0. The summed E-state index contributed by atoms with van der Waals surface area (Å²) < 4.78 is 9.92. The van der Waals surface area contributed by atoms with Gasteiger partial charge in [0, 0.05) is 22.4 Å². The van der Waals surface area contributed by atoms with Crippen LogP contribution in [0.5, 0.6) is 0 Å². The first-order valence-electron chi connectivity index (χ1n) is 6.33. The fourth-order valence-electron chi connectivity index (χ4n) is 1.93. The molecule has 0 aliphatic carbocycles. The van der Waals surface area contributed by atoms with Crippen LogP contribution in [0.25, 0.3) is 6.08 Å². The van der Waals surface area contributed by atoms with Crippen LogP contribution in [0.2, 0.25) is 0 Å². The Balaban J connectivity index is 1.95. The lowest BCUT2D eigenvalue weighted by Crippen LogP contribution is -2.48. The molecule has 0 radical (unpaired) electrons. The molecule has 20 heavy (non-hydrogen) atoms. The standard InChI is InChI=1S/C14H17NO4S/c1-10-3-4-11(20-10)5-6-13(16)15-7-8-19-12(9-15)14(17)18-2/h3-6,12H,7-9H2,1-2H3/b6-5+. The van der Waals surface area contributed by atoms with Crippen molar-refractivity contribution in [2.75, 3.05) is 26.8 Å². The number of aryl methyl sites for hydroxylation is 1. The molecule has 1 atom stereocenters. The lowest BCUT2D eigenvalue weighted by molar-refractivity contribution is -0.161. The summed E-state index contributed by atoms with van der Waals surface area (Å²) >= 11 is 1.63. The molecule has 2 heterocycles. The molecule has 1 aromatic heterocycles. The predicted octanol–water partition coefficient (Wildman–Crippen LogP) is 1.47. The maximum Gasteiger partial charge on any atom is 0.336 e. The zero-order chi connectivity index (χ0) is 14.5. The molecule has 0 saturated carbocycles. The average molecular weight is 295 g/mol. The van der Waals surface area contributed by atoms with Gasteiger partial charge in [0.15, 0.2) is 6.10 Å². The lowest BCUT2D eigenvalue weighted by atomic mass is 10.2. The van der Waals surface area contributed by atoms with E-state index >= 15 is 0 Å². The molecule has 1 saturated heterocycles. The van der Waals surface area contributed by atoms with Crippen LogP contribution in [-0.4, -0.2) is 49.7 Å². The number of thiophene rings is 1. The van der Waals surface area contributed by atoms with Crippen molar-refractivity contribution >= 4 is 29.3 Å². The van der Waals surface area contributed by atoms with Crippen molar-refractivity contribution in [1.82, 2.24) is 4.90 Å². The quantitative estimate of drug-likeness (QED) is 0.626. The topological polar surface area (TPSA) is 55.8 Å². The molecule has 6 heteroatoms. The van der Waals surface area contributed by atoms with Crippen molar-refractivity contribution < 1.29 is 19.1 Å². The molecule has 0 aromatic carbocycles. The molecule has 1 aromatic rings. The number of morpholine rings is 1. The third-order valence-corrected chi connectivity index (χ3v) is 3.96. The predicted molar refractivity (Wildman–Crippen MR) is 76.4 cm³/mol. The number of nitrogens with zero attached hydrogens (tertiary/aromatic N) is 1. The largest absolute Gasteiger partial charge is 0.467 e. The zero-order valence-electron chi connectivity index (χ0n) is 11.5. The molecular weight excluding hydrogens is 278 g/mol. The first-order valence-corrected chi connectivity index (χ1v) is 7.14. The maximum atomic E-state index is 12.1. The minimum atomic E-state index is -0.685. The summed E-state index contributed by atoms with van der Waals surface area (Å²) in [6.45, 7) is 3.09. The van der Waals surface area contributed by atoms with Crippen molar-refractivity contribution in [2.24, 2.45) is 0 Å². The monoisotopic (exact) mass is 295 g/mol. The maximum absolute atomic E-state index is 12.1. The van der Waals surface area contributed by atoms with Gasteiger partial charge in [-0.15, -0.1) is 11.3 Å². The Kier molecular flexibility index (Phi) is 4.92. The number of esters is 1. The number of rotatable bonds is 3. The van der Waals surface area contributed by atoms with Crippen molar-refractivity contribution in [3.8, 4) is 0 Å². The van der Waals surface area contributed by atoms with E-state index < -0.39 is 12.1 Å². The summed E-state index contributed by atoms with van der Waals surface area (Å²) in [5, 5.41) is 0. The molecule has 5 nitrogen and oxygen atoms in total. The van der Waals surface area contributed by atoms with Gasteiger partial charge in [0.25, 0.3) is 0 Å². The van der Waals surface area contributed by atoms with Gasteiger partial charge in [-0.25, -0.2) is 4.79 Å². The molecular formula is C14H17NO4S. The van der Waals surface area contributed by atoms with Gasteiger partial charge in [-0.1, -0.05) is 0 Å². The second-order valence-electron chi connectivity index (χ2n) is 4.45. The van der Waals surface area contributed by atoms with Gasteiger partial charge in [0.1, 0.15) is 0 Å². The minimum Gasteiger partial charge on any atom is -0.467 e. The molecule has 1 amide bonds. The summed E-state index contributed by atoms with van der Waals surface area (Å²) in [6, 6.07) is 3.98. The Morgan fingerprint density at radius 1 is 1.50 bits per heavy atom. The fraction of sp³-hybridized carbons (Fsp3) is 0.429. The highest BCUT2D eigenvalue weighted by atomic mass is 32.1. The summed E-state index contributed by atoms with van der Waals surface area (Å²) in [6.07, 6.45) is 2.64. The van der Waals surface area contributed by atoms with Crippen LogP contribution in [0.3, 0.4) is 0 Å². The van der Waals surface area contributed by atoms with E-state index in [0.29, 0.717) is 13.2 Å². The van der Waals surface area contributed by atoms with Crippen molar-refractivity contribution in [3.63, 3.8) is 0 Å². The molecule has 2 rings (SSSR count). The Bertz CT molecular complexity index is 523. The van der Waals surface area contributed by atoms with E-state index in [1.165, 1.54) is 18.1 Å². The Hall–Kier alpha value is -1.66. The second-order valence-corrected chi connectivity index (χ2v) is 5.77. The van der Waals surface area contributed by atoms with E-state index in [-0.39, 0.29) is 12.5 Å². The van der Waals surface area contributed by atoms with E-state index in [9.17, 15) is 9.59 Å². The first kappa shape index (κ1) is 14.7.